The zero-order valence-electron chi connectivity index (χ0n) is 13.7. The topological polar surface area (TPSA) is 60.6 Å². The molecular weight excluding hydrogens is 264 g/mol. The predicted octanol–water partition coefficient (Wildman–Crippen LogP) is 1.93. The minimum atomic E-state index is 0.269. The summed E-state index contributed by atoms with van der Waals surface area (Å²) in [6.07, 6.45) is 4.96. The second kappa shape index (κ2) is 6.85. The van der Waals surface area contributed by atoms with E-state index in [4.69, 9.17) is 0 Å². The maximum absolute atomic E-state index is 4.49. The van der Waals surface area contributed by atoms with Crippen molar-refractivity contribution in [3.8, 4) is 0 Å². The molecule has 0 fully saturated rings. The SMILES string of the molecule is CCCn1nncc1C(CCc1c(C)nn(C)c1C)NC. The van der Waals surface area contributed by atoms with Crippen LogP contribution < -0.4 is 5.32 Å². The predicted molar refractivity (Wildman–Crippen MR) is 83.1 cm³/mol. The quantitative estimate of drug-likeness (QED) is 0.846. The minimum Gasteiger partial charge on any atom is -0.312 e. The van der Waals surface area contributed by atoms with Gasteiger partial charge < -0.3 is 5.32 Å². The zero-order chi connectivity index (χ0) is 15.4. The molecule has 0 radical (unpaired) electrons. The highest BCUT2D eigenvalue weighted by molar-refractivity contribution is 5.24. The highest BCUT2D eigenvalue weighted by atomic mass is 15.4. The van der Waals surface area contributed by atoms with Crippen molar-refractivity contribution in [1.29, 1.82) is 0 Å². The fraction of sp³-hybridized carbons (Fsp3) is 0.667. The van der Waals surface area contributed by atoms with Crippen molar-refractivity contribution in [2.24, 2.45) is 7.05 Å². The molecule has 0 aliphatic rings. The van der Waals surface area contributed by atoms with Gasteiger partial charge >= 0.3 is 0 Å². The number of aryl methyl sites for hydroxylation is 3. The number of nitrogens with zero attached hydrogens (tertiary/aromatic N) is 5. The molecule has 2 aromatic rings. The summed E-state index contributed by atoms with van der Waals surface area (Å²) < 4.78 is 3.96. The Kier molecular flexibility index (Phi) is 5.12. The van der Waals surface area contributed by atoms with Crippen LogP contribution in [0.2, 0.25) is 0 Å². The Balaban J connectivity index is 2.10. The Labute approximate surface area is 126 Å². The fourth-order valence-electron chi connectivity index (χ4n) is 2.83. The maximum atomic E-state index is 4.49. The molecule has 1 atom stereocenters. The zero-order valence-corrected chi connectivity index (χ0v) is 13.7. The first-order valence-electron chi connectivity index (χ1n) is 7.63. The third-order valence-corrected chi connectivity index (χ3v) is 4.13. The average molecular weight is 290 g/mol. The summed E-state index contributed by atoms with van der Waals surface area (Å²) in [5.41, 5.74) is 4.90. The van der Waals surface area contributed by atoms with E-state index in [1.807, 2.05) is 29.7 Å². The Morgan fingerprint density at radius 3 is 2.67 bits per heavy atom. The van der Waals surface area contributed by atoms with Crippen LogP contribution in [0.25, 0.3) is 0 Å². The molecule has 0 amide bonds. The normalized spacial score (nSPS) is 12.8. The standard InChI is InChI=1S/C15H26N6/c1-6-9-21-15(10-17-19-21)14(16-4)8-7-13-11(2)18-20(5)12(13)3/h10,14,16H,6-9H2,1-5H3. The molecule has 6 nitrogen and oxygen atoms in total. The van der Waals surface area contributed by atoms with E-state index in [2.05, 4.69) is 41.5 Å². The van der Waals surface area contributed by atoms with E-state index < -0.39 is 0 Å². The van der Waals surface area contributed by atoms with Gasteiger partial charge in [0, 0.05) is 19.3 Å². The van der Waals surface area contributed by atoms with E-state index in [0.717, 1.165) is 31.5 Å². The molecule has 2 rings (SSSR count). The van der Waals surface area contributed by atoms with Gasteiger partial charge in [0.05, 0.1) is 23.6 Å². The maximum Gasteiger partial charge on any atom is 0.0756 e. The number of hydrogen-bond donors (Lipinski definition) is 1. The van der Waals surface area contributed by atoms with Gasteiger partial charge in [-0.25, -0.2) is 4.68 Å². The van der Waals surface area contributed by atoms with Crippen molar-refractivity contribution >= 4 is 0 Å². The lowest BCUT2D eigenvalue weighted by Gasteiger charge is -2.17. The van der Waals surface area contributed by atoms with Crippen molar-refractivity contribution in [2.75, 3.05) is 7.05 Å². The summed E-state index contributed by atoms with van der Waals surface area (Å²) >= 11 is 0. The van der Waals surface area contributed by atoms with Crippen LogP contribution in [0.15, 0.2) is 6.20 Å². The van der Waals surface area contributed by atoms with Gasteiger partial charge in [0.15, 0.2) is 0 Å². The molecule has 1 unspecified atom stereocenters. The monoisotopic (exact) mass is 290 g/mol. The van der Waals surface area contributed by atoms with Crippen LogP contribution in [0, 0.1) is 13.8 Å². The Morgan fingerprint density at radius 1 is 1.33 bits per heavy atom. The van der Waals surface area contributed by atoms with Crippen LogP contribution in [0.5, 0.6) is 0 Å². The Hall–Kier alpha value is -1.69. The van der Waals surface area contributed by atoms with Crippen LogP contribution in [-0.2, 0) is 20.0 Å². The largest absolute Gasteiger partial charge is 0.312 e. The van der Waals surface area contributed by atoms with Gasteiger partial charge in [0.25, 0.3) is 0 Å². The van der Waals surface area contributed by atoms with Crippen molar-refractivity contribution in [1.82, 2.24) is 30.1 Å². The summed E-state index contributed by atoms with van der Waals surface area (Å²) in [5.74, 6) is 0. The fourth-order valence-corrected chi connectivity index (χ4v) is 2.83. The van der Waals surface area contributed by atoms with E-state index >= 15 is 0 Å². The van der Waals surface area contributed by atoms with Gasteiger partial charge in [0.2, 0.25) is 0 Å². The number of rotatable bonds is 7. The highest BCUT2D eigenvalue weighted by Gasteiger charge is 2.17. The van der Waals surface area contributed by atoms with Crippen LogP contribution in [0.1, 0.15) is 48.5 Å². The van der Waals surface area contributed by atoms with Crippen molar-refractivity contribution < 1.29 is 0 Å². The number of nitrogens with one attached hydrogen (secondary N) is 1. The summed E-state index contributed by atoms with van der Waals surface area (Å²) in [6.45, 7) is 7.28. The molecule has 21 heavy (non-hydrogen) atoms. The number of aromatic nitrogens is 5. The molecule has 0 spiro atoms. The second-order valence-corrected chi connectivity index (χ2v) is 5.53. The van der Waals surface area contributed by atoms with Crippen LogP contribution in [0.3, 0.4) is 0 Å². The lowest BCUT2D eigenvalue weighted by Crippen LogP contribution is -2.21. The summed E-state index contributed by atoms with van der Waals surface area (Å²) in [5, 5.41) is 16.1. The molecule has 0 saturated carbocycles. The molecular formula is C15H26N6. The molecule has 6 heteroatoms. The molecule has 2 heterocycles. The summed E-state index contributed by atoms with van der Waals surface area (Å²) in [4.78, 5) is 0. The lowest BCUT2D eigenvalue weighted by molar-refractivity contribution is 0.472. The molecule has 2 aromatic heterocycles. The Bertz CT molecular complexity index is 583. The minimum absolute atomic E-state index is 0.269. The summed E-state index contributed by atoms with van der Waals surface area (Å²) in [7, 11) is 4.00. The van der Waals surface area contributed by atoms with Gasteiger partial charge in [-0.3, -0.25) is 4.68 Å². The smallest absolute Gasteiger partial charge is 0.0756 e. The lowest BCUT2D eigenvalue weighted by atomic mass is 10.0. The van der Waals surface area contributed by atoms with E-state index in [-0.39, 0.29) is 6.04 Å². The van der Waals surface area contributed by atoms with Gasteiger partial charge in [-0.2, -0.15) is 5.10 Å². The van der Waals surface area contributed by atoms with E-state index in [1.54, 1.807) is 0 Å². The third kappa shape index (κ3) is 3.32. The first-order chi connectivity index (χ1) is 10.1. The van der Waals surface area contributed by atoms with Crippen molar-refractivity contribution in [3.05, 3.63) is 28.8 Å². The first kappa shape index (κ1) is 15.7. The second-order valence-electron chi connectivity index (χ2n) is 5.53. The molecule has 116 valence electrons. The van der Waals surface area contributed by atoms with E-state index in [9.17, 15) is 0 Å². The van der Waals surface area contributed by atoms with E-state index in [1.165, 1.54) is 17.0 Å². The number of hydrogen-bond acceptors (Lipinski definition) is 4. The molecule has 0 aliphatic carbocycles. The van der Waals surface area contributed by atoms with Gasteiger partial charge in [-0.1, -0.05) is 12.1 Å². The van der Waals surface area contributed by atoms with Crippen molar-refractivity contribution in [3.63, 3.8) is 0 Å². The van der Waals surface area contributed by atoms with Gasteiger partial charge in [-0.05, 0) is 45.7 Å². The molecule has 0 bridgehead atoms. The van der Waals surface area contributed by atoms with Crippen LogP contribution in [-0.4, -0.2) is 31.8 Å². The highest BCUT2D eigenvalue weighted by Crippen LogP contribution is 2.21. The van der Waals surface area contributed by atoms with Gasteiger partial charge in [0.1, 0.15) is 0 Å². The Morgan fingerprint density at radius 2 is 2.10 bits per heavy atom. The van der Waals surface area contributed by atoms with E-state index in [0.29, 0.717) is 0 Å². The van der Waals surface area contributed by atoms with Crippen LogP contribution >= 0.6 is 0 Å². The molecule has 0 aliphatic heterocycles. The molecule has 0 aromatic carbocycles. The van der Waals surface area contributed by atoms with Gasteiger partial charge in [-0.15, -0.1) is 5.10 Å². The summed E-state index contributed by atoms with van der Waals surface area (Å²) in [6, 6.07) is 0.269. The van der Waals surface area contributed by atoms with Crippen LogP contribution in [0.4, 0.5) is 0 Å². The molecule has 1 N–H and O–H groups in total. The average Bonchev–Trinajstić information content (AvgIpc) is 3.00. The molecule has 0 saturated heterocycles. The van der Waals surface area contributed by atoms with Crippen molar-refractivity contribution in [2.45, 2.75) is 52.6 Å². The third-order valence-electron chi connectivity index (χ3n) is 4.13. The first-order valence-corrected chi connectivity index (χ1v) is 7.63.